The number of pyridine rings is 1. The van der Waals surface area contributed by atoms with Gasteiger partial charge in [-0.25, -0.2) is 0 Å². The molecule has 2 saturated carbocycles. The first-order valence-corrected chi connectivity index (χ1v) is 9.37. The lowest BCUT2D eigenvalue weighted by atomic mass is 9.81. The van der Waals surface area contributed by atoms with E-state index in [1.165, 1.54) is 12.8 Å². The van der Waals surface area contributed by atoms with Crippen molar-refractivity contribution in [3.05, 3.63) is 42.2 Å². The summed E-state index contributed by atoms with van der Waals surface area (Å²) in [4.78, 5) is 29.7. The van der Waals surface area contributed by atoms with Crippen molar-refractivity contribution in [3.8, 4) is 0 Å². The van der Waals surface area contributed by atoms with Crippen LogP contribution in [0.25, 0.3) is 0 Å². The first kappa shape index (κ1) is 16.3. The molecule has 4 unspecified atom stereocenters. The highest BCUT2D eigenvalue weighted by molar-refractivity contribution is 5.89. The third-order valence-electron chi connectivity index (χ3n) is 5.96. The van der Waals surface area contributed by atoms with Crippen LogP contribution in [0.3, 0.4) is 0 Å². The predicted molar refractivity (Wildman–Crippen MR) is 94.2 cm³/mol. The van der Waals surface area contributed by atoms with E-state index in [1.807, 2.05) is 12.1 Å². The fourth-order valence-corrected chi connectivity index (χ4v) is 4.71. The van der Waals surface area contributed by atoms with Gasteiger partial charge in [0, 0.05) is 25.0 Å². The molecule has 4 rings (SSSR count). The van der Waals surface area contributed by atoms with E-state index in [9.17, 15) is 9.59 Å². The van der Waals surface area contributed by atoms with Crippen LogP contribution < -0.4 is 10.6 Å². The van der Waals surface area contributed by atoms with Gasteiger partial charge in [-0.1, -0.05) is 31.1 Å². The fourth-order valence-electron chi connectivity index (χ4n) is 4.71. The number of allylic oxidation sites excluding steroid dienone is 2. The Morgan fingerprint density at radius 3 is 2.48 bits per heavy atom. The molecule has 1 heterocycles. The Balaban J connectivity index is 1.42. The topological polar surface area (TPSA) is 71.1 Å². The molecule has 2 bridgehead atoms. The second-order valence-corrected chi connectivity index (χ2v) is 7.57. The van der Waals surface area contributed by atoms with E-state index in [-0.39, 0.29) is 35.5 Å². The highest BCUT2D eigenvalue weighted by atomic mass is 16.2. The SMILES string of the molecule is O=C(NCc1cccnc1)C1C2C=CC(C2)C1C(=O)NC1CCCC1. The number of fused-ring (bicyclic) bond motifs is 2. The molecule has 3 aliphatic rings. The molecule has 0 aliphatic heterocycles. The minimum Gasteiger partial charge on any atom is -0.353 e. The molecule has 0 spiro atoms. The standard InChI is InChI=1S/C20H25N3O2/c24-19(22-12-13-4-3-9-21-11-13)17-14-7-8-15(10-14)18(17)20(25)23-16-5-1-2-6-16/h3-4,7-9,11,14-18H,1-2,5-6,10,12H2,(H,22,24)(H,23,25). The summed E-state index contributed by atoms with van der Waals surface area (Å²) in [5.41, 5.74) is 0.974. The predicted octanol–water partition coefficient (Wildman–Crippen LogP) is 2.19. The molecule has 1 aromatic rings. The first-order chi connectivity index (χ1) is 12.2. The summed E-state index contributed by atoms with van der Waals surface area (Å²) in [6.45, 7) is 0.460. The van der Waals surface area contributed by atoms with Crippen LogP contribution in [-0.2, 0) is 16.1 Å². The summed E-state index contributed by atoms with van der Waals surface area (Å²) in [5.74, 6) is 0.00824. The molecule has 0 saturated heterocycles. The monoisotopic (exact) mass is 339 g/mol. The van der Waals surface area contributed by atoms with Crippen LogP contribution in [0, 0.1) is 23.7 Å². The van der Waals surface area contributed by atoms with Crippen molar-refractivity contribution >= 4 is 11.8 Å². The third-order valence-corrected chi connectivity index (χ3v) is 5.96. The van der Waals surface area contributed by atoms with Gasteiger partial charge in [0.25, 0.3) is 0 Å². The van der Waals surface area contributed by atoms with Crippen LogP contribution in [0.2, 0.25) is 0 Å². The molecule has 132 valence electrons. The summed E-state index contributed by atoms with van der Waals surface area (Å²) in [5, 5.41) is 6.21. The van der Waals surface area contributed by atoms with E-state index in [1.54, 1.807) is 12.4 Å². The summed E-state index contributed by atoms with van der Waals surface area (Å²) in [6.07, 6.45) is 13.2. The Kier molecular flexibility index (Phi) is 4.55. The zero-order valence-corrected chi connectivity index (χ0v) is 14.4. The van der Waals surface area contributed by atoms with Crippen LogP contribution in [0.4, 0.5) is 0 Å². The number of rotatable bonds is 5. The average Bonchev–Trinajstić information content (AvgIpc) is 3.37. The van der Waals surface area contributed by atoms with E-state index in [2.05, 4.69) is 27.8 Å². The maximum atomic E-state index is 12.8. The summed E-state index contributed by atoms with van der Waals surface area (Å²) in [7, 11) is 0. The van der Waals surface area contributed by atoms with Crippen LogP contribution in [0.15, 0.2) is 36.7 Å². The first-order valence-electron chi connectivity index (χ1n) is 9.37. The molecular formula is C20H25N3O2. The second-order valence-electron chi connectivity index (χ2n) is 7.57. The maximum absolute atomic E-state index is 12.8. The van der Waals surface area contributed by atoms with E-state index < -0.39 is 0 Å². The van der Waals surface area contributed by atoms with Crippen LogP contribution >= 0.6 is 0 Å². The van der Waals surface area contributed by atoms with E-state index >= 15 is 0 Å². The Labute approximate surface area is 148 Å². The van der Waals surface area contributed by atoms with Gasteiger partial charge in [-0.05, 0) is 42.7 Å². The normalized spacial score (nSPS) is 30.6. The number of carbonyl (C=O) groups excluding carboxylic acids is 2. The number of nitrogens with zero attached hydrogens (tertiary/aromatic N) is 1. The Morgan fingerprint density at radius 2 is 1.80 bits per heavy atom. The average molecular weight is 339 g/mol. The molecule has 2 N–H and O–H groups in total. The van der Waals surface area contributed by atoms with Crippen molar-refractivity contribution in [3.63, 3.8) is 0 Å². The molecule has 0 aromatic carbocycles. The molecule has 1 aromatic heterocycles. The van der Waals surface area contributed by atoms with E-state index in [0.717, 1.165) is 24.8 Å². The Hall–Kier alpha value is -2.17. The van der Waals surface area contributed by atoms with Crippen molar-refractivity contribution < 1.29 is 9.59 Å². The lowest BCUT2D eigenvalue weighted by Crippen LogP contribution is -2.46. The molecule has 5 nitrogen and oxygen atoms in total. The van der Waals surface area contributed by atoms with Gasteiger partial charge in [0.15, 0.2) is 0 Å². The van der Waals surface area contributed by atoms with Gasteiger partial charge in [0.2, 0.25) is 11.8 Å². The van der Waals surface area contributed by atoms with E-state index in [4.69, 9.17) is 0 Å². The van der Waals surface area contributed by atoms with Gasteiger partial charge in [-0.2, -0.15) is 0 Å². The van der Waals surface area contributed by atoms with Crippen LogP contribution in [0.5, 0.6) is 0 Å². The smallest absolute Gasteiger partial charge is 0.224 e. The number of aromatic nitrogens is 1. The quantitative estimate of drug-likeness (QED) is 0.808. The lowest BCUT2D eigenvalue weighted by Gasteiger charge is -2.27. The zero-order valence-electron chi connectivity index (χ0n) is 14.4. The number of hydrogen-bond acceptors (Lipinski definition) is 3. The number of carbonyl (C=O) groups is 2. The van der Waals surface area contributed by atoms with Gasteiger partial charge in [0.1, 0.15) is 0 Å². The lowest BCUT2D eigenvalue weighted by molar-refractivity contribution is -0.135. The molecule has 4 atom stereocenters. The summed E-state index contributed by atoms with van der Waals surface area (Å²) >= 11 is 0. The largest absolute Gasteiger partial charge is 0.353 e. The molecule has 25 heavy (non-hydrogen) atoms. The molecule has 2 amide bonds. The third kappa shape index (κ3) is 3.32. The van der Waals surface area contributed by atoms with E-state index in [0.29, 0.717) is 12.6 Å². The molecule has 3 aliphatic carbocycles. The van der Waals surface area contributed by atoms with Crippen molar-refractivity contribution in [2.45, 2.75) is 44.7 Å². The highest BCUT2D eigenvalue weighted by Gasteiger charge is 2.51. The summed E-state index contributed by atoms with van der Waals surface area (Å²) in [6, 6.07) is 4.10. The zero-order chi connectivity index (χ0) is 17.2. The molecular weight excluding hydrogens is 314 g/mol. The van der Waals surface area contributed by atoms with Gasteiger partial charge < -0.3 is 10.6 Å². The minimum absolute atomic E-state index is 0.00715. The second kappa shape index (κ2) is 6.98. The Bertz CT molecular complexity index is 667. The molecule has 5 heteroatoms. The van der Waals surface area contributed by atoms with Crippen LogP contribution in [0.1, 0.15) is 37.7 Å². The van der Waals surface area contributed by atoms with Crippen LogP contribution in [-0.4, -0.2) is 22.8 Å². The number of hydrogen-bond donors (Lipinski definition) is 2. The minimum atomic E-state index is -0.243. The van der Waals surface area contributed by atoms with Crippen molar-refractivity contribution in [1.82, 2.24) is 15.6 Å². The van der Waals surface area contributed by atoms with Gasteiger partial charge in [-0.15, -0.1) is 0 Å². The summed E-state index contributed by atoms with van der Waals surface area (Å²) < 4.78 is 0. The van der Waals surface area contributed by atoms with Crippen molar-refractivity contribution in [2.75, 3.05) is 0 Å². The van der Waals surface area contributed by atoms with Gasteiger partial charge in [0.05, 0.1) is 11.8 Å². The van der Waals surface area contributed by atoms with Crippen molar-refractivity contribution in [2.24, 2.45) is 23.7 Å². The van der Waals surface area contributed by atoms with Crippen molar-refractivity contribution in [1.29, 1.82) is 0 Å². The fraction of sp³-hybridized carbons (Fsp3) is 0.550. The van der Waals surface area contributed by atoms with Gasteiger partial charge in [-0.3, -0.25) is 14.6 Å². The highest BCUT2D eigenvalue weighted by Crippen LogP contribution is 2.48. The molecule has 0 radical (unpaired) electrons. The Morgan fingerprint density at radius 1 is 1.08 bits per heavy atom. The molecule has 2 fully saturated rings. The number of nitrogens with one attached hydrogen (secondary N) is 2. The van der Waals surface area contributed by atoms with Gasteiger partial charge >= 0.3 is 0 Å². The number of amides is 2. The maximum Gasteiger partial charge on any atom is 0.224 e.